The Balaban J connectivity index is 1.85. The van der Waals surface area contributed by atoms with Crippen molar-refractivity contribution < 1.29 is 9.47 Å². The molecule has 9 heteroatoms. The summed E-state index contributed by atoms with van der Waals surface area (Å²) >= 11 is 0. The number of nitrogens with zero attached hydrogens (tertiary/aromatic N) is 6. The molecule has 0 aromatic heterocycles. The molecule has 0 spiro atoms. The van der Waals surface area contributed by atoms with Crippen molar-refractivity contribution in [1.82, 2.24) is 0 Å². The quantitative estimate of drug-likeness (QED) is 0.260. The van der Waals surface area contributed by atoms with E-state index < -0.39 is 0 Å². The van der Waals surface area contributed by atoms with E-state index in [2.05, 4.69) is 37.5 Å². The van der Waals surface area contributed by atoms with Gasteiger partial charge in [0.05, 0.1) is 25.6 Å². The molecule has 0 fully saturated rings. The highest BCUT2D eigenvalue weighted by atomic mass is 16.5. The number of nitroso groups, excluding NO2 is 1. The van der Waals surface area contributed by atoms with Gasteiger partial charge in [-0.05, 0) is 60.6 Å². The maximum Gasteiger partial charge on any atom is 0.148 e. The Morgan fingerprint density at radius 3 is 1.56 bits per heavy atom. The Hall–Kier alpha value is -4.14. The average molecular weight is 432 g/mol. The van der Waals surface area contributed by atoms with Crippen LogP contribution in [0.15, 0.2) is 86.3 Å². The van der Waals surface area contributed by atoms with E-state index in [1.165, 1.54) is 7.11 Å². The summed E-state index contributed by atoms with van der Waals surface area (Å²) in [5.41, 5.74) is 3.69. The Morgan fingerprint density at radius 1 is 0.719 bits per heavy atom. The molecule has 0 radical (unpaired) electrons. The topological polar surface area (TPSA) is 101 Å². The number of rotatable bonds is 9. The molecule has 0 heterocycles. The molecular weight excluding hydrogens is 408 g/mol. The fraction of sp³-hybridized carbons (Fsp3) is 0.217. The molecule has 0 unspecified atom stereocenters. The first-order valence-corrected chi connectivity index (χ1v) is 9.92. The zero-order chi connectivity index (χ0) is 22.9. The van der Waals surface area contributed by atoms with Gasteiger partial charge in [0.15, 0.2) is 0 Å². The predicted molar refractivity (Wildman–Crippen MR) is 125 cm³/mol. The Bertz CT molecular complexity index is 1110. The molecule has 0 aliphatic carbocycles. The second-order valence-corrected chi connectivity index (χ2v) is 6.73. The van der Waals surface area contributed by atoms with Gasteiger partial charge in [0.25, 0.3) is 0 Å². The van der Waals surface area contributed by atoms with Crippen molar-refractivity contribution in [1.29, 1.82) is 0 Å². The molecule has 0 aliphatic rings. The second kappa shape index (κ2) is 10.8. The van der Waals surface area contributed by atoms with Gasteiger partial charge in [0.2, 0.25) is 0 Å². The molecule has 3 rings (SSSR count). The van der Waals surface area contributed by atoms with Crippen LogP contribution in [-0.4, -0.2) is 27.8 Å². The van der Waals surface area contributed by atoms with Crippen molar-refractivity contribution >= 4 is 34.1 Å². The third-order valence-electron chi connectivity index (χ3n) is 4.75. The molecule has 32 heavy (non-hydrogen) atoms. The van der Waals surface area contributed by atoms with Crippen LogP contribution in [0, 0.1) is 4.91 Å². The monoisotopic (exact) mass is 432 g/mol. The van der Waals surface area contributed by atoms with E-state index in [0.29, 0.717) is 34.2 Å². The molecule has 0 bridgehead atoms. The van der Waals surface area contributed by atoms with Gasteiger partial charge >= 0.3 is 0 Å². The van der Waals surface area contributed by atoms with Gasteiger partial charge in [-0.25, -0.2) is 0 Å². The van der Waals surface area contributed by atoms with Crippen molar-refractivity contribution in [3.63, 3.8) is 0 Å². The van der Waals surface area contributed by atoms with Crippen LogP contribution in [-0.2, 0) is 0 Å². The fourth-order valence-electron chi connectivity index (χ4n) is 2.78. The first kappa shape index (κ1) is 22.5. The van der Waals surface area contributed by atoms with Crippen LogP contribution in [0.25, 0.3) is 0 Å². The molecule has 0 N–H and O–H groups in total. The van der Waals surface area contributed by atoms with Crippen molar-refractivity contribution in [2.75, 3.05) is 32.7 Å². The zero-order valence-electron chi connectivity index (χ0n) is 18.4. The summed E-state index contributed by atoms with van der Waals surface area (Å²) in [6.45, 7) is 3.01. The normalized spacial score (nSPS) is 11.1. The summed E-state index contributed by atoms with van der Waals surface area (Å²) in [7, 11) is 5.11. The largest absolute Gasteiger partial charge is 0.494 e. The lowest BCUT2D eigenvalue weighted by Crippen LogP contribution is -2.15. The van der Waals surface area contributed by atoms with Crippen LogP contribution in [0.4, 0.5) is 34.1 Å². The van der Waals surface area contributed by atoms with Crippen LogP contribution in [0.2, 0.25) is 0 Å². The number of ether oxygens (including phenoxy) is 2. The zero-order valence-corrected chi connectivity index (χ0v) is 18.4. The number of benzene rings is 3. The van der Waals surface area contributed by atoms with Gasteiger partial charge in [-0.15, -0.1) is 15.1 Å². The molecule has 3 aromatic rings. The maximum atomic E-state index is 10.5. The summed E-state index contributed by atoms with van der Waals surface area (Å²) < 4.78 is 10.9. The minimum absolute atomic E-state index is 0.324. The summed E-state index contributed by atoms with van der Waals surface area (Å²) in [6, 6.07) is 17.6. The smallest absolute Gasteiger partial charge is 0.148 e. The maximum absolute atomic E-state index is 10.5. The molecule has 0 saturated carbocycles. The molecule has 0 amide bonds. The average Bonchev–Trinajstić information content (AvgIpc) is 2.86. The minimum Gasteiger partial charge on any atom is -0.494 e. The lowest BCUT2D eigenvalue weighted by molar-refractivity contribution is 0.405. The summed E-state index contributed by atoms with van der Waals surface area (Å²) in [4.78, 5) is 12.7. The Morgan fingerprint density at radius 2 is 1.16 bits per heavy atom. The van der Waals surface area contributed by atoms with Crippen LogP contribution >= 0.6 is 0 Å². The van der Waals surface area contributed by atoms with Gasteiger partial charge in [0.1, 0.15) is 28.6 Å². The Kier molecular flexibility index (Phi) is 7.58. The summed E-state index contributed by atoms with van der Waals surface area (Å²) in [5.74, 6) is 0.945. The standard InChI is InChI=1S/C23H24N6O3/c1-5-29(2)19-12-10-17(11-13-19)25-27-21-15-22(31-3)20(14-23(21)32-4)26-24-16-6-8-18(28-30)9-7-16/h6-15H,5H2,1-4H3/b26-24+,27-25+. The Labute approximate surface area is 186 Å². The van der Waals surface area contributed by atoms with Crippen LogP contribution in [0.1, 0.15) is 6.92 Å². The van der Waals surface area contributed by atoms with Gasteiger partial charge in [-0.3, -0.25) is 0 Å². The first-order chi connectivity index (χ1) is 15.6. The summed E-state index contributed by atoms with van der Waals surface area (Å²) in [6.07, 6.45) is 0. The first-order valence-electron chi connectivity index (χ1n) is 9.92. The molecule has 9 nitrogen and oxygen atoms in total. The molecule has 0 saturated heterocycles. The highest BCUT2D eigenvalue weighted by molar-refractivity contribution is 5.66. The van der Waals surface area contributed by atoms with Crippen molar-refractivity contribution in [3.05, 3.63) is 65.6 Å². The highest BCUT2D eigenvalue weighted by Crippen LogP contribution is 2.41. The third kappa shape index (κ3) is 5.51. The van der Waals surface area contributed by atoms with Gasteiger partial charge < -0.3 is 14.4 Å². The van der Waals surface area contributed by atoms with Gasteiger partial charge in [-0.2, -0.15) is 10.2 Å². The van der Waals surface area contributed by atoms with Crippen LogP contribution in [0.5, 0.6) is 11.5 Å². The van der Waals surface area contributed by atoms with E-state index in [9.17, 15) is 4.91 Å². The highest BCUT2D eigenvalue weighted by Gasteiger charge is 2.11. The molecule has 3 aromatic carbocycles. The van der Waals surface area contributed by atoms with Crippen molar-refractivity contribution in [2.45, 2.75) is 6.92 Å². The van der Waals surface area contributed by atoms with Crippen LogP contribution in [0.3, 0.4) is 0 Å². The van der Waals surface area contributed by atoms with E-state index in [-0.39, 0.29) is 0 Å². The fourth-order valence-corrected chi connectivity index (χ4v) is 2.78. The van der Waals surface area contributed by atoms with Gasteiger partial charge in [0, 0.05) is 31.4 Å². The van der Waals surface area contributed by atoms with E-state index >= 15 is 0 Å². The number of hydrogen-bond donors (Lipinski definition) is 0. The molecule has 0 aliphatic heterocycles. The number of hydrogen-bond acceptors (Lipinski definition) is 9. The lowest BCUT2D eigenvalue weighted by atomic mass is 10.2. The van der Waals surface area contributed by atoms with Crippen molar-refractivity contribution in [3.8, 4) is 11.5 Å². The SMILES string of the molecule is CCN(C)c1ccc(/N=N/c2cc(OC)c(/N=N/c3ccc(N=O)cc3)cc2OC)cc1. The van der Waals surface area contributed by atoms with Gasteiger partial charge in [-0.1, -0.05) is 0 Å². The number of azo groups is 2. The minimum atomic E-state index is 0.324. The molecular formula is C23H24N6O3. The third-order valence-corrected chi connectivity index (χ3v) is 4.75. The summed E-state index contributed by atoms with van der Waals surface area (Å²) in [5, 5.41) is 19.9. The molecule has 0 atom stereocenters. The van der Waals surface area contributed by atoms with E-state index in [4.69, 9.17) is 9.47 Å². The predicted octanol–water partition coefficient (Wildman–Crippen LogP) is 7.39. The lowest BCUT2D eigenvalue weighted by Gasteiger charge is -2.16. The second-order valence-electron chi connectivity index (χ2n) is 6.73. The molecule has 164 valence electrons. The van der Waals surface area contributed by atoms with Crippen LogP contribution < -0.4 is 14.4 Å². The van der Waals surface area contributed by atoms with Crippen molar-refractivity contribution in [2.24, 2.45) is 25.6 Å². The number of anilines is 1. The van der Waals surface area contributed by atoms with E-state index in [0.717, 1.165) is 17.9 Å². The van der Waals surface area contributed by atoms with E-state index in [1.54, 1.807) is 43.5 Å². The number of methoxy groups -OCH3 is 2. The van der Waals surface area contributed by atoms with E-state index in [1.807, 2.05) is 31.3 Å².